The predicted molar refractivity (Wildman–Crippen MR) is 95.2 cm³/mol. The molecule has 0 bridgehead atoms. The average Bonchev–Trinajstić information content (AvgIpc) is 3.13. The van der Waals surface area contributed by atoms with E-state index in [9.17, 15) is 13.6 Å². The Morgan fingerprint density at radius 3 is 2.62 bits per heavy atom. The van der Waals surface area contributed by atoms with Gasteiger partial charge in [0.25, 0.3) is 5.91 Å². The second-order valence-corrected chi connectivity index (χ2v) is 5.92. The number of amides is 1. The van der Waals surface area contributed by atoms with Crippen molar-refractivity contribution < 1.29 is 18.3 Å². The summed E-state index contributed by atoms with van der Waals surface area (Å²) in [4.78, 5) is 16.7. The van der Waals surface area contributed by atoms with Gasteiger partial charge in [0.15, 0.2) is 0 Å². The fraction of sp³-hybridized carbons (Fsp3) is 0.263. The number of rotatable bonds is 4. The maximum absolute atomic E-state index is 13.4. The molecule has 3 rings (SSSR count). The number of nitrogens with one attached hydrogen (secondary N) is 2. The van der Waals surface area contributed by atoms with E-state index < -0.39 is 17.5 Å². The molecule has 0 spiro atoms. The van der Waals surface area contributed by atoms with Crippen LogP contribution in [0.15, 0.2) is 53.5 Å². The van der Waals surface area contributed by atoms with E-state index in [4.69, 9.17) is 4.74 Å². The van der Waals surface area contributed by atoms with Crippen molar-refractivity contribution in [2.24, 2.45) is 4.99 Å². The molecule has 0 unspecified atom stereocenters. The molecule has 1 heterocycles. The molecule has 0 saturated carbocycles. The van der Waals surface area contributed by atoms with Crippen molar-refractivity contribution in [2.75, 3.05) is 18.5 Å². The fourth-order valence-corrected chi connectivity index (χ4v) is 2.60. The summed E-state index contributed by atoms with van der Waals surface area (Å²) in [7, 11) is 0. The predicted octanol–water partition coefficient (Wildman–Crippen LogP) is 3.34. The third kappa shape index (κ3) is 5.10. The van der Waals surface area contributed by atoms with Crippen molar-refractivity contribution in [3.63, 3.8) is 0 Å². The number of anilines is 1. The molecule has 2 aromatic carbocycles. The molecule has 0 aliphatic carbocycles. The van der Waals surface area contributed by atoms with Gasteiger partial charge in [-0.05, 0) is 49.2 Å². The first-order valence-electron chi connectivity index (χ1n) is 8.36. The van der Waals surface area contributed by atoms with Crippen molar-refractivity contribution in [2.45, 2.75) is 18.9 Å². The van der Waals surface area contributed by atoms with Crippen LogP contribution in [0.25, 0.3) is 0 Å². The molecule has 1 atom stereocenters. The Kier molecular flexibility index (Phi) is 5.91. The summed E-state index contributed by atoms with van der Waals surface area (Å²) < 4.78 is 32.2. The van der Waals surface area contributed by atoms with Gasteiger partial charge in [0, 0.05) is 17.9 Å². The van der Waals surface area contributed by atoms with Gasteiger partial charge in [-0.1, -0.05) is 12.1 Å². The first-order valence-corrected chi connectivity index (χ1v) is 8.36. The molecule has 1 saturated heterocycles. The number of ether oxygens (including phenoxy) is 1. The quantitative estimate of drug-likeness (QED) is 0.650. The SMILES string of the molecule is O=C(NC(=NC[C@@H]1CCCO1)Nc1cccc(F)c1)c1cccc(F)c1. The zero-order valence-corrected chi connectivity index (χ0v) is 14.0. The number of hydrogen-bond donors (Lipinski definition) is 2. The van der Waals surface area contributed by atoms with Crippen LogP contribution in [-0.4, -0.2) is 31.1 Å². The van der Waals surface area contributed by atoms with E-state index in [0.29, 0.717) is 18.8 Å². The van der Waals surface area contributed by atoms with Gasteiger partial charge in [-0.25, -0.2) is 13.8 Å². The van der Waals surface area contributed by atoms with E-state index in [-0.39, 0.29) is 17.6 Å². The Balaban J connectivity index is 1.75. The molecule has 7 heteroatoms. The van der Waals surface area contributed by atoms with Crippen LogP contribution in [0.5, 0.6) is 0 Å². The van der Waals surface area contributed by atoms with Gasteiger partial charge in [-0.3, -0.25) is 10.1 Å². The Bertz CT molecular complexity index is 805. The molecule has 0 radical (unpaired) electrons. The van der Waals surface area contributed by atoms with Gasteiger partial charge in [0.1, 0.15) is 11.6 Å². The smallest absolute Gasteiger partial charge is 0.258 e. The molecular formula is C19H19F2N3O2. The largest absolute Gasteiger partial charge is 0.376 e. The number of halogens is 2. The van der Waals surface area contributed by atoms with E-state index in [2.05, 4.69) is 15.6 Å². The zero-order valence-electron chi connectivity index (χ0n) is 14.0. The van der Waals surface area contributed by atoms with E-state index in [0.717, 1.165) is 18.9 Å². The summed E-state index contributed by atoms with van der Waals surface area (Å²) in [5.74, 6) is -1.28. The van der Waals surface area contributed by atoms with Crippen LogP contribution in [0.2, 0.25) is 0 Å². The molecule has 136 valence electrons. The third-order valence-electron chi connectivity index (χ3n) is 3.88. The second-order valence-electron chi connectivity index (χ2n) is 5.92. The van der Waals surface area contributed by atoms with E-state index in [1.807, 2.05) is 0 Å². The van der Waals surface area contributed by atoms with Crippen LogP contribution in [0.1, 0.15) is 23.2 Å². The van der Waals surface area contributed by atoms with Gasteiger partial charge < -0.3 is 10.1 Å². The fourth-order valence-electron chi connectivity index (χ4n) is 2.60. The van der Waals surface area contributed by atoms with Crippen molar-refractivity contribution in [1.29, 1.82) is 0 Å². The number of aliphatic imine (C=N–C) groups is 1. The molecule has 1 aliphatic rings. The normalized spacial score (nSPS) is 17.2. The molecule has 1 aliphatic heterocycles. The number of hydrogen-bond acceptors (Lipinski definition) is 3. The average molecular weight is 359 g/mol. The lowest BCUT2D eigenvalue weighted by molar-refractivity contribution is 0.0975. The summed E-state index contributed by atoms with van der Waals surface area (Å²) >= 11 is 0. The Labute approximate surface area is 150 Å². The minimum Gasteiger partial charge on any atom is -0.376 e. The number of guanidine groups is 1. The Morgan fingerprint density at radius 1 is 1.15 bits per heavy atom. The van der Waals surface area contributed by atoms with Crippen LogP contribution in [0.4, 0.5) is 14.5 Å². The van der Waals surface area contributed by atoms with Crippen molar-refractivity contribution in [3.05, 3.63) is 65.7 Å². The van der Waals surface area contributed by atoms with Crippen molar-refractivity contribution in [3.8, 4) is 0 Å². The van der Waals surface area contributed by atoms with Crippen LogP contribution in [0.3, 0.4) is 0 Å². The van der Waals surface area contributed by atoms with E-state index in [1.165, 1.54) is 30.3 Å². The molecule has 2 aromatic rings. The lowest BCUT2D eigenvalue weighted by Crippen LogP contribution is -2.36. The molecule has 2 N–H and O–H groups in total. The maximum Gasteiger partial charge on any atom is 0.258 e. The minimum absolute atomic E-state index is 0.00891. The van der Waals surface area contributed by atoms with Crippen LogP contribution in [0, 0.1) is 11.6 Å². The molecule has 1 amide bonds. The topological polar surface area (TPSA) is 62.7 Å². The van der Waals surface area contributed by atoms with Gasteiger partial charge in [-0.15, -0.1) is 0 Å². The highest BCUT2D eigenvalue weighted by Gasteiger charge is 2.16. The maximum atomic E-state index is 13.4. The lowest BCUT2D eigenvalue weighted by atomic mass is 10.2. The summed E-state index contributed by atoms with van der Waals surface area (Å²) in [6, 6.07) is 11.1. The zero-order chi connectivity index (χ0) is 18.4. The molecular weight excluding hydrogens is 340 g/mol. The highest BCUT2D eigenvalue weighted by atomic mass is 19.1. The summed E-state index contributed by atoms with van der Waals surface area (Å²) in [6.45, 7) is 1.06. The Morgan fingerprint density at radius 2 is 1.92 bits per heavy atom. The van der Waals surface area contributed by atoms with Gasteiger partial charge >= 0.3 is 0 Å². The van der Waals surface area contributed by atoms with Gasteiger partial charge in [-0.2, -0.15) is 0 Å². The molecule has 26 heavy (non-hydrogen) atoms. The first kappa shape index (κ1) is 18.0. The van der Waals surface area contributed by atoms with Gasteiger partial charge in [0.05, 0.1) is 12.6 Å². The second kappa shape index (κ2) is 8.53. The minimum atomic E-state index is -0.514. The summed E-state index contributed by atoms with van der Waals surface area (Å²) in [6.07, 6.45) is 1.86. The van der Waals surface area contributed by atoms with E-state index in [1.54, 1.807) is 12.1 Å². The summed E-state index contributed by atoms with van der Waals surface area (Å²) in [5.41, 5.74) is 0.603. The number of nitrogens with zero attached hydrogens (tertiary/aromatic N) is 1. The third-order valence-corrected chi connectivity index (χ3v) is 3.88. The summed E-state index contributed by atoms with van der Waals surface area (Å²) in [5, 5.41) is 5.50. The Hall–Kier alpha value is -2.80. The highest BCUT2D eigenvalue weighted by molar-refractivity contribution is 6.09. The standard InChI is InChI=1S/C19H19F2N3O2/c20-14-5-1-4-13(10-14)18(25)24-19(22-12-17-8-3-9-26-17)23-16-7-2-6-15(21)11-16/h1-2,4-7,10-11,17H,3,8-9,12H2,(H2,22,23,24,25)/t17-/m0/s1. The monoisotopic (exact) mass is 359 g/mol. The van der Waals surface area contributed by atoms with Crippen LogP contribution < -0.4 is 10.6 Å². The molecule has 5 nitrogen and oxygen atoms in total. The van der Waals surface area contributed by atoms with Crippen molar-refractivity contribution >= 4 is 17.6 Å². The number of carbonyl (C=O) groups is 1. The first-order chi connectivity index (χ1) is 12.6. The van der Waals surface area contributed by atoms with Crippen LogP contribution in [-0.2, 0) is 4.74 Å². The lowest BCUT2D eigenvalue weighted by Gasteiger charge is -2.13. The highest BCUT2D eigenvalue weighted by Crippen LogP contribution is 2.13. The van der Waals surface area contributed by atoms with Crippen molar-refractivity contribution in [1.82, 2.24) is 5.32 Å². The van der Waals surface area contributed by atoms with Gasteiger partial charge in [0.2, 0.25) is 5.96 Å². The molecule has 0 aromatic heterocycles. The number of carbonyl (C=O) groups excluding carboxylic acids is 1. The van der Waals surface area contributed by atoms with E-state index >= 15 is 0 Å². The molecule has 1 fully saturated rings. The number of benzene rings is 2. The van der Waals surface area contributed by atoms with Crippen LogP contribution >= 0.6 is 0 Å².